The lowest BCUT2D eigenvalue weighted by atomic mass is 10.3. The number of amides is 1. The van der Waals surface area contributed by atoms with E-state index in [-0.39, 0.29) is 5.95 Å². The van der Waals surface area contributed by atoms with Crippen LogP contribution < -0.4 is 16.4 Å². The molecule has 1 aromatic carbocycles. The highest BCUT2D eigenvalue weighted by Gasteiger charge is 2.17. The van der Waals surface area contributed by atoms with Crippen molar-refractivity contribution in [1.82, 2.24) is 39.3 Å². The van der Waals surface area contributed by atoms with Gasteiger partial charge in [0.1, 0.15) is 5.82 Å². The van der Waals surface area contributed by atoms with E-state index in [0.29, 0.717) is 29.1 Å². The van der Waals surface area contributed by atoms with Crippen molar-refractivity contribution in [2.75, 3.05) is 16.4 Å². The summed E-state index contributed by atoms with van der Waals surface area (Å²) in [6.45, 7) is 1.74. The lowest BCUT2D eigenvalue weighted by molar-refractivity contribution is 0.251. The number of hydrogen-bond acceptors (Lipinski definition) is 9. The zero-order valence-electron chi connectivity index (χ0n) is 16.8. The molecule has 12 nitrogen and oxygen atoms in total. The number of aromatic nitrogens is 8. The molecule has 4 heterocycles. The van der Waals surface area contributed by atoms with Crippen molar-refractivity contribution < 1.29 is 4.79 Å². The molecule has 0 aliphatic rings. The molecule has 0 aliphatic carbocycles. The number of fused-ring (bicyclic) bond motifs is 1. The fraction of sp³-hybridized carbons (Fsp3) is 0.0500. The summed E-state index contributed by atoms with van der Waals surface area (Å²) in [5, 5.41) is 10.0. The zero-order valence-corrected chi connectivity index (χ0v) is 16.8. The maximum Gasteiger partial charge on any atom is 0.346 e. The number of imidazole rings is 1. The number of pyridine rings is 1. The van der Waals surface area contributed by atoms with Crippen LogP contribution in [0.2, 0.25) is 0 Å². The number of anilines is 4. The van der Waals surface area contributed by atoms with Crippen molar-refractivity contribution in [3.8, 4) is 5.95 Å². The van der Waals surface area contributed by atoms with Gasteiger partial charge in [0.15, 0.2) is 0 Å². The standard InChI is InChI=1S/C20H17N11O/c1-12-24-17(21)29-18(25-12)31-16-5-3-2-4-15(16)28-19(31)26-14-10-23-30(11-14)20(32)27-13-6-8-22-9-7-13/h2-11H,1H3,(H,26,28)(H,22,27,32)(H2,21,24,25,29). The van der Waals surface area contributed by atoms with Gasteiger partial charge in [-0.1, -0.05) is 12.1 Å². The minimum Gasteiger partial charge on any atom is -0.368 e. The first-order valence-electron chi connectivity index (χ1n) is 9.56. The van der Waals surface area contributed by atoms with Gasteiger partial charge in [0.25, 0.3) is 0 Å². The molecule has 0 unspecified atom stereocenters. The van der Waals surface area contributed by atoms with Gasteiger partial charge < -0.3 is 16.4 Å². The second-order valence-electron chi connectivity index (χ2n) is 6.76. The highest BCUT2D eigenvalue weighted by molar-refractivity contribution is 5.90. The Bertz CT molecular complexity index is 1400. The second-order valence-corrected chi connectivity index (χ2v) is 6.76. The summed E-state index contributed by atoms with van der Waals surface area (Å²) in [4.78, 5) is 33.7. The molecule has 0 atom stereocenters. The molecule has 1 amide bonds. The SMILES string of the molecule is Cc1nc(N)nc(-n2c(Nc3cnn(C(=O)Nc4ccncc4)c3)nc3ccccc32)n1. The zero-order chi connectivity index (χ0) is 22.1. The monoisotopic (exact) mass is 427 g/mol. The van der Waals surface area contributed by atoms with Crippen molar-refractivity contribution in [3.63, 3.8) is 0 Å². The molecule has 0 aliphatic heterocycles. The molecule has 0 spiro atoms. The molecule has 0 radical (unpaired) electrons. The van der Waals surface area contributed by atoms with Crippen molar-refractivity contribution in [2.45, 2.75) is 6.92 Å². The fourth-order valence-electron chi connectivity index (χ4n) is 3.14. The third-order valence-electron chi connectivity index (χ3n) is 4.49. The first kappa shape index (κ1) is 19.1. The summed E-state index contributed by atoms with van der Waals surface area (Å²) in [5.41, 5.74) is 8.50. The van der Waals surface area contributed by atoms with Crippen LogP contribution >= 0.6 is 0 Å². The van der Waals surface area contributed by atoms with Gasteiger partial charge in [0.2, 0.25) is 17.8 Å². The summed E-state index contributed by atoms with van der Waals surface area (Å²) in [6, 6.07) is 10.5. The van der Waals surface area contributed by atoms with E-state index in [2.05, 4.69) is 40.7 Å². The largest absolute Gasteiger partial charge is 0.368 e. The highest BCUT2D eigenvalue weighted by Crippen LogP contribution is 2.25. The van der Waals surface area contributed by atoms with Crippen molar-refractivity contribution in [2.24, 2.45) is 0 Å². The van der Waals surface area contributed by atoms with E-state index in [4.69, 9.17) is 5.73 Å². The minimum atomic E-state index is -0.418. The maximum atomic E-state index is 12.5. The quantitative estimate of drug-likeness (QED) is 0.392. The average molecular weight is 427 g/mol. The molecule has 12 heteroatoms. The topological polar surface area (TPSA) is 154 Å². The minimum absolute atomic E-state index is 0.108. The number of nitrogen functional groups attached to an aromatic ring is 1. The highest BCUT2D eigenvalue weighted by atomic mass is 16.2. The molecule has 0 saturated heterocycles. The molecule has 158 valence electrons. The molecule has 5 rings (SSSR count). The molecule has 0 fully saturated rings. The third-order valence-corrected chi connectivity index (χ3v) is 4.49. The second kappa shape index (κ2) is 7.75. The molecule has 4 N–H and O–H groups in total. The summed E-state index contributed by atoms with van der Waals surface area (Å²) in [6.07, 6.45) is 6.24. The Morgan fingerprint density at radius 2 is 1.81 bits per heavy atom. The van der Waals surface area contributed by atoms with Crippen LogP contribution in [0.5, 0.6) is 0 Å². The Hall–Kier alpha value is -4.87. The molecule has 5 aromatic rings. The lowest BCUT2D eigenvalue weighted by Gasteiger charge is -2.09. The number of hydrogen-bond donors (Lipinski definition) is 3. The number of nitrogens with zero attached hydrogens (tertiary/aromatic N) is 8. The number of carbonyl (C=O) groups excluding carboxylic acids is 1. The molecule has 0 saturated carbocycles. The van der Waals surface area contributed by atoms with Crippen LogP contribution in [0.3, 0.4) is 0 Å². The molecule has 32 heavy (non-hydrogen) atoms. The number of benzene rings is 1. The number of nitrogens with two attached hydrogens (primary N) is 1. The first-order valence-corrected chi connectivity index (χ1v) is 9.56. The summed E-state index contributed by atoms with van der Waals surface area (Å²) < 4.78 is 2.91. The fourth-order valence-corrected chi connectivity index (χ4v) is 3.14. The molecule has 4 aromatic heterocycles. The summed E-state index contributed by atoms with van der Waals surface area (Å²) >= 11 is 0. The van der Waals surface area contributed by atoms with Crippen LogP contribution in [0, 0.1) is 6.92 Å². The van der Waals surface area contributed by atoms with Gasteiger partial charge in [-0.3, -0.25) is 4.98 Å². The van der Waals surface area contributed by atoms with Gasteiger partial charge in [-0.05, 0) is 31.2 Å². The summed E-state index contributed by atoms with van der Waals surface area (Å²) in [7, 11) is 0. The lowest BCUT2D eigenvalue weighted by Crippen LogP contribution is -2.19. The Morgan fingerprint density at radius 1 is 1.00 bits per heavy atom. The van der Waals surface area contributed by atoms with Crippen LogP contribution in [-0.4, -0.2) is 45.3 Å². The van der Waals surface area contributed by atoms with Crippen LogP contribution in [0.4, 0.5) is 28.1 Å². The van der Waals surface area contributed by atoms with Crippen molar-refractivity contribution in [3.05, 3.63) is 67.0 Å². The van der Waals surface area contributed by atoms with Crippen LogP contribution in [-0.2, 0) is 0 Å². The van der Waals surface area contributed by atoms with Crippen LogP contribution in [0.15, 0.2) is 61.2 Å². The van der Waals surface area contributed by atoms with E-state index in [0.717, 1.165) is 11.0 Å². The van der Waals surface area contributed by atoms with Crippen molar-refractivity contribution >= 4 is 40.3 Å². The van der Waals surface area contributed by atoms with Crippen LogP contribution in [0.25, 0.3) is 17.0 Å². The Morgan fingerprint density at radius 3 is 2.62 bits per heavy atom. The average Bonchev–Trinajstić information content (AvgIpc) is 3.38. The number of para-hydroxylation sites is 2. The van der Waals surface area contributed by atoms with E-state index in [1.807, 2.05) is 24.3 Å². The van der Waals surface area contributed by atoms with Gasteiger partial charge in [-0.15, -0.1) is 0 Å². The predicted octanol–water partition coefficient (Wildman–Crippen LogP) is 2.52. The van der Waals surface area contributed by atoms with E-state index < -0.39 is 6.03 Å². The number of carbonyl (C=O) groups is 1. The van der Waals surface area contributed by atoms with Gasteiger partial charge in [0, 0.05) is 18.1 Å². The van der Waals surface area contributed by atoms with E-state index >= 15 is 0 Å². The number of rotatable bonds is 4. The molecular weight excluding hydrogens is 410 g/mol. The Kier molecular flexibility index (Phi) is 4.63. The smallest absolute Gasteiger partial charge is 0.346 e. The van der Waals surface area contributed by atoms with E-state index in [9.17, 15) is 4.79 Å². The normalized spacial score (nSPS) is 10.9. The van der Waals surface area contributed by atoms with Gasteiger partial charge in [-0.2, -0.15) is 24.7 Å². The Balaban J connectivity index is 1.48. The first-order chi connectivity index (χ1) is 15.6. The predicted molar refractivity (Wildman–Crippen MR) is 118 cm³/mol. The third kappa shape index (κ3) is 3.67. The Labute approximate surface area is 181 Å². The number of aryl methyl sites for hydroxylation is 1. The molecular formula is C20H17N11O. The van der Waals surface area contributed by atoms with Crippen LogP contribution in [0.1, 0.15) is 5.82 Å². The van der Waals surface area contributed by atoms with Gasteiger partial charge >= 0.3 is 6.03 Å². The van der Waals surface area contributed by atoms with Crippen molar-refractivity contribution in [1.29, 1.82) is 0 Å². The molecule has 0 bridgehead atoms. The van der Waals surface area contributed by atoms with Gasteiger partial charge in [-0.25, -0.2) is 14.3 Å². The number of nitrogens with one attached hydrogen (secondary N) is 2. The maximum absolute atomic E-state index is 12.5. The van der Waals surface area contributed by atoms with E-state index in [1.165, 1.54) is 10.9 Å². The summed E-state index contributed by atoms with van der Waals surface area (Å²) in [5.74, 6) is 1.35. The van der Waals surface area contributed by atoms with Gasteiger partial charge in [0.05, 0.1) is 29.1 Å². The van der Waals surface area contributed by atoms with E-state index in [1.54, 1.807) is 42.2 Å².